The highest BCUT2D eigenvalue weighted by molar-refractivity contribution is 5.96. The Morgan fingerprint density at radius 1 is 0.463 bits per heavy atom. The number of carbonyl (C=O) groups is 8. The molecular formula is C62H82N12O8. The smallest absolute Gasteiger partial charge is 0.317 e. The molecule has 82 heavy (non-hydrogen) atoms. The number of carbonyl (C=O) groups excluding carboxylic acids is 8. The molecule has 8 rings (SSSR count). The summed E-state index contributed by atoms with van der Waals surface area (Å²) in [6.45, 7) is 4.59. The number of amides is 10. The van der Waals surface area contributed by atoms with Gasteiger partial charge in [-0.2, -0.15) is 0 Å². The SMILES string of the molecule is CN[C@@H](C)C(=O)N[C@H]1CN(C(=O)NCCCCCCNC(=O)N2CC[C@H]3CC[C@@H](C(=O)NC(c4ccccc4)c4ccccc4)N3C(=O)[C@@H](NC(=O)[C@H](C)NC)C2)CC[C@H]2CC[C@@H](C(=O)NC(c3ccccc3)c3ccccc3)N2C1=O. The van der Waals surface area contributed by atoms with Gasteiger partial charge in [0.25, 0.3) is 0 Å². The molecule has 0 saturated carbocycles. The fourth-order valence-electron chi connectivity index (χ4n) is 11.7. The maximum atomic E-state index is 14.6. The Hall–Kier alpha value is -7.84. The number of unbranched alkanes of at least 4 members (excludes halogenated alkanes) is 3. The first-order chi connectivity index (χ1) is 39.8. The van der Waals surface area contributed by atoms with Crippen LogP contribution in [0.1, 0.15) is 112 Å². The second kappa shape index (κ2) is 29.2. The van der Waals surface area contributed by atoms with Crippen LogP contribution >= 0.6 is 0 Å². The van der Waals surface area contributed by atoms with Crippen molar-refractivity contribution in [2.45, 2.75) is 138 Å². The Bertz CT molecular complexity index is 2530. The molecule has 4 heterocycles. The quantitative estimate of drug-likeness (QED) is 0.0556. The Labute approximate surface area is 481 Å². The van der Waals surface area contributed by atoms with E-state index in [1.165, 1.54) is 0 Å². The number of hydrogen-bond donors (Lipinski definition) is 8. The number of rotatable bonds is 21. The fraction of sp³-hybridized carbons (Fsp3) is 0.484. The lowest BCUT2D eigenvalue weighted by Crippen LogP contribution is -2.63. The van der Waals surface area contributed by atoms with E-state index in [0.29, 0.717) is 77.5 Å². The highest BCUT2D eigenvalue weighted by atomic mass is 16.2. The summed E-state index contributed by atoms with van der Waals surface area (Å²) in [6.07, 6.45) is 5.75. The van der Waals surface area contributed by atoms with Crippen LogP contribution in [0.2, 0.25) is 0 Å². The standard InChI is InChI=1S/C62H82N12O8/c1-41(63-3)55(75)67-49-39-71(37-33-47-29-31-51(73(47)59(49)79)57(77)69-53(43-21-11-7-12-22-43)44-23-13-8-14-24-44)61(81)65-35-19-5-6-20-36-66-62(82)72-38-34-48-30-32-52(74(48)60(80)50(40-72)68-56(76)42(2)64-4)58(78)70-54(45-25-15-9-16-26-45)46-27-17-10-18-28-46/h7-18,21-28,41-42,47-54,63-64H,5-6,19-20,29-40H2,1-4H3,(H,65,81)(H,66,82)(H,67,75)(H,68,76)(H,69,77)(H,70,78)/t41-,42-,47+,48+,49-,50-,51-,52-/m0/s1. The Morgan fingerprint density at radius 3 is 1.11 bits per heavy atom. The summed E-state index contributed by atoms with van der Waals surface area (Å²) < 4.78 is 0. The molecule has 8 N–H and O–H groups in total. The summed E-state index contributed by atoms with van der Waals surface area (Å²) in [7, 11) is 3.30. The Balaban J connectivity index is 0.817. The highest BCUT2D eigenvalue weighted by Gasteiger charge is 2.48. The van der Waals surface area contributed by atoms with Gasteiger partial charge in [0.2, 0.25) is 35.4 Å². The molecule has 0 spiro atoms. The molecule has 4 aliphatic rings. The third kappa shape index (κ3) is 15.2. The maximum Gasteiger partial charge on any atom is 0.317 e. The van der Waals surface area contributed by atoms with Crippen molar-refractivity contribution in [3.05, 3.63) is 144 Å². The van der Waals surface area contributed by atoms with E-state index in [4.69, 9.17) is 0 Å². The third-order valence-corrected chi connectivity index (χ3v) is 16.6. The molecule has 0 radical (unpaired) electrons. The van der Waals surface area contributed by atoms with Gasteiger partial charge in [-0.3, -0.25) is 28.8 Å². The largest absolute Gasteiger partial charge is 0.343 e. The fourth-order valence-corrected chi connectivity index (χ4v) is 11.7. The van der Waals surface area contributed by atoms with Gasteiger partial charge >= 0.3 is 12.1 Å². The van der Waals surface area contributed by atoms with Gasteiger partial charge in [0.05, 0.1) is 37.3 Å². The lowest BCUT2D eigenvalue weighted by Gasteiger charge is -2.39. The Morgan fingerprint density at radius 2 is 0.793 bits per heavy atom. The predicted octanol–water partition coefficient (Wildman–Crippen LogP) is 4.09. The van der Waals surface area contributed by atoms with Gasteiger partial charge < -0.3 is 62.1 Å². The van der Waals surface area contributed by atoms with E-state index in [1.807, 2.05) is 121 Å². The van der Waals surface area contributed by atoms with Crippen molar-refractivity contribution in [2.75, 3.05) is 53.4 Å². The number of nitrogens with zero attached hydrogens (tertiary/aromatic N) is 4. The van der Waals surface area contributed by atoms with Crippen LogP contribution in [-0.4, -0.2) is 169 Å². The second-order valence-electron chi connectivity index (χ2n) is 22.0. The molecule has 438 valence electrons. The zero-order valence-electron chi connectivity index (χ0n) is 47.7. The van der Waals surface area contributed by atoms with Gasteiger partial charge in [0, 0.05) is 38.3 Å². The van der Waals surface area contributed by atoms with E-state index >= 15 is 0 Å². The van der Waals surface area contributed by atoms with E-state index in [0.717, 1.165) is 35.1 Å². The van der Waals surface area contributed by atoms with E-state index in [1.54, 1.807) is 47.5 Å². The van der Waals surface area contributed by atoms with Gasteiger partial charge in [-0.15, -0.1) is 0 Å². The molecule has 0 bridgehead atoms. The molecule has 4 aliphatic heterocycles. The van der Waals surface area contributed by atoms with E-state index in [-0.39, 0.29) is 49.0 Å². The van der Waals surface area contributed by atoms with Crippen molar-refractivity contribution in [3.8, 4) is 0 Å². The van der Waals surface area contributed by atoms with Crippen molar-refractivity contribution < 1.29 is 38.4 Å². The minimum atomic E-state index is -1.09. The second-order valence-corrected chi connectivity index (χ2v) is 22.0. The van der Waals surface area contributed by atoms with Crippen molar-refractivity contribution in [2.24, 2.45) is 0 Å². The van der Waals surface area contributed by atoms with Crippen LogP contribution in [0.5, 0.6) is 0 Å². The molecule has 20 heteroatoms. The van der Waals surface area contributed by atoms with Crippen molar-refractivity contribution in [1.82, 2.24) is 62.1 Å². The number of hydrogen-bond acceptors (Lipinski definition) is 10. The third-order valence-electron chi connectivity index (χ3n) is 16.6. The molecule has 4 saturated heterocycles. The van der Waals surface area contributed by atoms with Gasteiger partial charge in [-0.25, -0.2) is 9.59 Å². The number of likely N-dealkylation sites (N-methyl/N-ethyl adjacent to an activating group) is 2. The number of fused-ring (bicyclic) bond motifs is 2. The lowest BCUT2D eigenvalue weighted by molar-refractivity contribution is -0.145. The average molecular weight is 1120 g/mol. The first-order valence-corrected chi connectivity index (χ1v) is 29.2. The maximum absolute atomic E-state index is 14.6. The van der Waals surface area contributed by atoms with E-state index < -0.39 is 72.0 Å². The molecule has 20 nitrogen and oxygen atoms in total. The number of benzene rings is 4. The van der Waals surface area contributed by atoms with Gasteiger partial charge in [0.15, 0.2) is 0 Å². The van der Waals surface area contributed by atoms with Crippen molar-refractivity contribution in [3.63, 3.8) is 0 Å². The first kappa shape index (κ1) is 60.3. The summed E-state index contributed by atoms with van der Waals surface area (Å²) in [4.78, 5) is 119. The van der Waals surface area contributed by atoms with Crippen LogP contribution in [0.3, 0.4) is 0 Å². The van der Waals surface area contributed by atoms with Gasteiger partial charge in [-0.05, 0) is 102 Å². The zero-order chi connectivity index (χ0) is 58.1. The topological polar surface area (TPSA) is 246 Å². The summed E-state index contributed by atoms with van der Waals surface area (Å²) in [5.41, 5.74) is 3.62. The zero-order valence-corrected chi connectivity index (χ0v) is 47.7. The van der Waals surface area contributed by atoms with Crippen LogP contribution in [0, 0.1) is 0 Å². The van der Waals surface area contributed by atoms with Crippen LogP contribution in [0.15, 0.2) is 121 Å². The molecule has 0 unspecified atom stereocenters. The summed E-state index contributed by atoms with van der Waals surface area (Å²) in [5, 5.41) is 24.1. The van der Waals surface area contributed by atoms with Crippen LogP contribution in [0.4, 0.5) is 9.59 Å². The summed E-state index contributed by atoms with van der Waals surface area (Å²) in [5.74, 6) is -2.17. The van der Waals surface area contributed by atoms with Crippen molar-refractivity contribution in [1.29, 1.82) is 0 Å². The minimum absolute atomic E-state index is 0.0739. The highest BCUT2D eigenvalue weighted by Crippen LogP contribution is 2.33. The Kier molecular flexibility index (Phi) is 21.5. The van der Waals surface area contributed by atoms with Crippen molar-refractivity contribution >= 4 is 47.5 Å². The minimum Gasteiger partial charge on any atom is -0.343 e. The normalized spacial score (nSPS) is 21.7. The molecule has 0 aromatic heterocycles. The molecule has 0 aliphatic carbocycles. The summed E-state index contributed by atoms with van der Waals surface area (Å²) >= 11 is 0. The average Bonchev–Trinajstić information content (AvgIpc) is 4.14. The molecule has 4 aromatic rings. The number of nitrogens with one attached hydrogen (secondary N) is 8. The predicted molar refractivity (Wildman–Crippen MR) is 312 cm³/mol. The lowest BCUT2D eigenvalue weighted by atomic mass is 9.98. The van der Waals surface area contributed by atoms with Gasteiger partial charge in [0.1, 0.15) is 24.2 Å². The van der Waals surface area contributed by atoms with Crippen LogP contribution in [0.25, 0.3) is 0 Å². The monoisotopic (exact) mass is 1120 g/mol. The molecule has 10 amide bonds. The number of urea groups is 2. The molecule has 4 fully saturated rings. The van der Waals surface area contributed by atoms with E-state index in [2.05, 4.69) is 42.5 Å². The molecule has 8 atom stereocenters. The van der Waals surface area contributed by atoms with Crippen LogP contribution < -0.4 is 42.5 Å². The van der Waals surface area contributed by atoms with Crippen LogP contribution in [-0.2, 0) is 28.8 Å². The summed E-state index contributed by atoms with van der Waals surface area (Å²) in [6, 6.07) is 31.6. The van der Waals surface area contributed by atoms with Gasteiger partial charge in [-0.1, -0.05) is 134 Å². The van der Waals surface area contributed by atoms with E-state index in [9.17, 15) is 38.4 Å². The molecule has 4 aromatic carbocycles. The molecular weight excluding hydrogens is 1040 g/mol. The first-order valence-electron chi connectivity index (χ1n) is 29.2.